The molecular formula is C12H18O3. The molecule has 0 aliphatic carbocycles. The molecule has 0 aliphatic heterocycles. The Kier molecular flexibility index (Phi) is 6.19. The zero-order valence-corrected chi connectivity index (χ0v) is 9.12. The maximum absolute atomic E-state index is 8.86. The van der Waals surface area contributed by atoms with Crippen molar-refractivity contribution in [3.8, 4) is 12.3 Å². The molecule has 0 bridgehead atoms. The predicted molar refractivity (Wildman–Crippen MR) is 60.0 cm³/mol. The lowest BCUT2D eigenvalue weighted by atomic mass is 10.4. The van der Waals surface area contributed by atoms with Gasteiger partial charge in [-0.2, -0.15) is 0 Å². The lowest BCUT2D eigenvalue weighted by molar-refractivity contribution is 0.206. The van der Waals surface area contributed by atoms with Crippen molar-refractivity contribution >= 4 is 0 Å². The average Bonchev–Trinajstić information content (AvgIpc) is 2.15. The molecule has 0 aromatic carbocycles. The highest BCUT2D eigenvalue weighted by Gasteiger charge is 1.90. The van der Waals surface area contributed by atoms with Crippen LogP contribution >= 0.6 is 0 Å². The molecule has 1 N–H and O–H groups in total. The van der Waals surface area contributed by atoms with Crippen LogP contribution in [-0.2, 0) is 9.47 Å². The Morgan fingerprint density at radius 1 is 1.40 bits per heavy atom. The maximum Gasteiger partial charge on any atom is 0.109 e. The van der Waals surface area contributed by atoms with E-state index in [1.807, 2.05) is 0 Å². The summed E-state index contributed by atoms with van der Waals surface area (Å²) in [6.07, 6.45) is 8.33. The molecule has 0 aromatic heterocycles. The number of ether oxygens (including phenoxy) is 2. The molecule has 0 saturated heterocycles. The molecule has 0 aliphatic rings. The van der Waals surface area contributed by atoms with Crippen LogP contribution in [0.2, 0.25) is 0 Å². The summed E-state index contributed by atoms with van der Waals surface area (Å²) in [7, 11) is 0. The third-order valence-corrected chi connectivity index (χ3v) is 1.53. The summed E-state index contributed by atoms with van der Waals surface area (Å²) < 4.78 is 24.2. The van der Waals surface area contributed by atoms with Gasteiger partial charge in [0.25, 0.3) is 0 Å². The third kappa shape index (κ3) is 8.92. The van der Waals surface area contributed by atoms with Gasteiger partial charge in [-0.15, -0.1) is 12.3 Å². The van der Waals surface area contributed by atoms with Gasteiger partial charge in [-0.05, 0) is 26.0 Å². The van der Waals surface area contributed by atoms with Crippen molar-refractivity contribution in [3.63, 3.8) is 0 Å². The summed E-state index contributed by atoms with van der Waals surface area (Å²) in [5, 5.41) is 8.86. The zero-order chi connectivity index (χ0) is 13.3. The minimum Gasteiger partial charge on any atom is -0.497 e. The molecule has 0 unspecified atom stereocenters. The first-order valence-corrected chi connectivity index (χ1v) is 4.63. The molecule has 0 atom stereocenters. The van der Waals surface area contributed by atoms with Crippen molar-refractivity contribution in [2.45, 2.75) is 20.3 Å². The van der Waals surface area contributed by atoms with Crippen molar-refractivity contribution in [3.05, 3.63) is 23.7 Å². The summed E-state index contributed by atoms with van der Waals surface area (Å²) in [4.78, 5) is 0. The lowest BCUT2D eigenvalue weighted by Gasteiger charge is -2.05. The topological polar surface area (TPSA) is 38.7 Å². The smallest absolute Gasteiger partial charge is 0.109 e. The highest BCUT2D eigenvalue weighted by molar-refractivity contribution is 4.93. The first-order chi connectivity index (χ1) is 7.85. The molecule has 0 rings (SSSR count). The van der Waals surface area contributed by atoms with Gasteiger partial charge in [-0.25, -0.2) is 0 Å². The van der Waals surface area contributed by atoms with Crippen LogP contribution in [0.5, 0.6) is 0 Å². The third-order valence-electron chi connectivity index (χ3n) is 1.53. The molecule has 0 fully saturated rings. The number of terminal acetylenes is 1. The van der Waals surface area contributed by atoms with E-state index in [2.05, 4.69) is 5.92 Å². The number of hydrogen-bond acceptors (Lipinski definition) is 3. The van der Waals surface area contributed by atoms with Gasteiger partial charge in [0, 0.05) is 6.42 Å². The van der Waals surface area contributed by atoms with Crippen molar-refractivity contribution in [1.29, 1.82) is 0 Å². The van der Waals surface area contributed by atoms with Crippen LogP contribution in [0.4, 0.5) is 0 Å². The standard InChI is InChI=1S/C12H18O3/c1-4-5-9-14-12(3)7-10-15-11(2)6-8-13/h1,6-7,13H,5,8-10H2,2-3H3/b11-6+,12-7+/i8D2. The Bertz CT molecular complexity index is 322. The van der Waals surface area contributed by atoms with Crippen molar-refractivity contribution in [1.82, 2.24) is 0 Å². The van der Waals surface area contributed by atoms with Crippen LogP contribution in [0.1, 0.15) is 23.0 Å². The number of rotatable bonds is 7. The average molecular weight is 212 g/mol. The van der Waals surface area contributed by atoms with E-state index in [9.17, 15) is 0 Å². The van der Waals surface area contributed by atoms with Crippen LogP contribution in [-0.4, -0.2) is 24.9 Å². The molecule has 0 amide bonds. The van der Waals surface area contributed by atoms with Crippen LogP contribution in [0.25, 0.3) is 0 Å². The van der Waals surface area contributed by atoms with Gasteiger partial charge in [-0.1, -0.05) is 0 Å². The van der Waals surface area contributed by atoms with E-state index in [0.717, 1.165) is 6.08 Å². The minimum absolute atomic E-state index is 0.250. The molecule has 3 nitrogen and oxygen atoms in total. The number of aliphatic hydroxyl groups is 1. The fourth-order valence-electron chi connectivity index (χ4n) is 0.753. The molecule has 0 saturated carbocycles. The number of allylic oxidation sites excluding steroid dienone is 2. The molecule has 0 spiro atoms. The Balaban J connectivity index is 3.93. The van der Waals surface area contributed by atoms with Gasteiger partial charge >= 0.3 is 0 Å². The summed E-state index contributed by atoms with van der Waals surface area (Å²) >= 11 is 0. The molecule has 0 radical (unpaired) electrons. The lowest BCUT2D eigenvalue weighted by Crippen LogP contribution is -1.95. The summed E-state index contributed by atoms with van der Waals surface area (Å²) in [5.41, 5.74) is 0. The highest BCUT2D eigenvalue weighted by atomic mass is 16.5. The van der Waals surface area contributed by atoms with Crippen molar-refractivity contribution in [2.24, 2.45) is 0 Å². The minimum atomic E-state index is -2.36. The summed E-state index contributed by atoms with van der Waals surface area (Å²) in [6, 6.07) is 0. The van der Waals surface area contributed by atoms with E-state index < -0.39 is 6.56 Å². The second-order valence-corrected chi connectivity index (χ2v) is 2.81. The molecular weight excluding hydrogens is 192 g/mol. The van der Waals surface area contributed by atoms with E-state index in [1.165, 1.54) is 0 Å². The molecule has 0 aromatic rings. The van der Waals surface area contributed by atoms with Crippen molar-refractivity contribution in [2.75, 3.05) is 19.8 Å². The molecule has 15 heavy (non-hydrogen) atoms. The normalized spacial score (nSPS) is 15.1. The fourth-order valence-corrected chi connectivity index (χ4v) is 0.753. The Hall–Kier alpha value is -1.40. The van der Waals surface area contributed by atoms with E-state index >= 15 is 0 Å². The Morgan fingerprint density at radius 2 is 2.07 bits per heavy atom. The van der Waals surface area contributed by atoms with Crippen molar-refractivity contribution < 1.29 is 17.3 Å². The summed E-state index contributed by atoms with van der Waals surface area (Å²) in [5.74, 6) is 3.47. The Morgan fingerprint density at radius 3 is 2.67 bits per heavy atom. The van der Waals surface area contributed by atoms with Gasteiger partial charge in [0.05, 0.1) is 27.4 Å². The first-order valence-electron chi connectivity index (χ1n) is 5.63. The monoisotopic (exact) mass is 212 g/mol. The van der Waals surface area contributed by atoms with Crippen LogP contribution in [0.15, 0.2) is 23.7 Å². The van der Waals surface area contributed by atoms with Gasteiger partial charge in [-0.3, -0.25) is 0 Å². The molecule has 0 heterocycles. The van der Waals surface area contributed by atoms with Gasteiger partial charge < -0.3 is 14.6 Å². The summed E-state index contributed by atoms with van der Waals surface area (Å²) in [6.45, 7) is 1.71. The number of hydrogen-bond donors (Lipinski definition) is 1. The highest BCUT2D eigenvalue weighted by Crippen LogP contribution is 1.99. The van der Waals surface area contributed by atoms with Crippen LogP contribution in [0.3, 0.4) is 0 Å². The first kappa shape index (κ1) is 10.1. The van der Waals surface area contributed by atoms with Crippen LogP contribution in [0, 0.1) is 12.3 Å². The molecule has 3 heteroatoms. The second kappa shape index (κ2) is 9.17. The van der Waals surface area contributed by atoms with E-state index in [-0.39, 0.29) is 6.61 Å². The predicted octanol–water partition coefficient (Wildman–Crippen LogP) is 1.84. The van der Waals surface area contributed by atoms with E-state index in [0.29, 0.717) is 24.5 Å². The Labute approximate surface area is 94.2 Å². The van der Waals surface area contributed by atoms with Gasteiger partial charge in [0.15, 0.2) is 0 Å². The van der Waals surface area contributed by atoms with E-state index in [1.54, 1.807) is 19.9 Å². The second-order valence-electron chi connectivity index (χ2n) is 2.81. The zero-order valence-electron chi connectivity index (χ0n) is 11.1. The van der Waals surface area contributed by atoms with Crippen LogP contribution < -0.4 is 0 Å². The maximum atomic E-state index is 8.86. The molecule has 84 valence electrons. The van der Waals surface area contributed by atoms with E-state index in [4.69, 9.17) is 23.7 Å². The largest absolute Gasteiger partial charge is 0.497 e. The quantitative estimate of drug-likeness (QED) is 0.397. The fraction of sp³-hybridized carbons (Fsp3) is 0.500. The van der Waals surface area contributed by atoms with Gasteiger partial charge in [0.1, 0.15) is 6.61 Å². The van der Waals surface area contributed by atoms with Gasteiger partial charge in [0.2, 0.25) is 0 Å². The SMILES string of the molecule is [2H]C([2H])(O)/C=C(\C)OC/C=C(\C)OCCC#C.